The van der Waals surface area contributed by atoms with E-state index in [2.05, 4.69) is 0 Å². The van der Waals surface area contributed by atoms with Gasteiger partial charge in [-0.2, -0.15) is 5.26 Å². The predicted octanol–water partition coefficient (Wildman–Crippen LogP) is 0.350. The molecule has 4 heteroatoms. The average Bonchev–Trinajstić information content (AvgIpc) is 1.86. The van der Waals surface area contributed by atoms with Gasteiger partial charge in [-0.15, -0.1) is 11.6 Å². The van der Waals surface area contributed by atoms with Gasteiger partial charge in [0.1, 0.15) is 11.9 Å². The monoisotopic (exact) mass is 158 g/mol. The van der Waals surface area contributed by atoms with Gasteiger partial charge in [-0.05, 0) is 6.42 Å². The van der Waals surface area contributed by atoms with Crippen LogP contribution in [0.3, 0.4) is 0 Å². The van der Waals surface area contributed by atoms with Crippen LogP contribution < -0.4 is 0 Å². The Labute approximate surface area is 64.2 Å². The van der Waals surface area contributed by atoms with E-state index in [1.54, 1.807) is 0 Å². The second-order valence-corrected chi connectivity index (χ2v) is 2.42. The van der Waals surface area contributed by atoms with Crippen molar-refractivity contribution in [3.63, 3.8) is 0 Å². The van der Waals surface area contributed by atoms with Crippen molar-refractivity contribution in [3.05, 3.63) is 0 Å². The minimum atomic E-state index is -0.216. The molecule has 10 heavy (non-hydrogen) atoms. The summed E-state index contributed by atoms with van der Waals surface area (Å²) in [5.74, 6) is -0.155. The zero-order valence-corrected chi connectivity index (χ0v) is 6.14. The molecule has 0 aromatic heterocycles. The summed E-state index contributed by atoms with van der Waals surface area (Å²) in [5.41, 5.74) is 0. The highest BCUT2D eigenvalue weighted by molar-refractivity contribution is 6.27. The van der Waals surface area contributed by atoms with E-state index in [-0.39, 0.29) is 17.8 Å². The highest BCUT2D eigenvalue weighted by Gasteiger charge is 2.30. The van der Waals surface area contributed by atoms with E-state index in [0.717, 1.165) is 6.42 Å². The summed E-state index contributed by atoms with van der Waals surface area (Å²) in [6.07, 6.45) is 0.791. The van der Waals surface area contributed by atoms with Gasteiger partial charge in [0.15, 0.2) is 0 Å². The summed E-state index contributed by atoms with van der Waals surface area (Å²) in [5, 5.41) is 8.41. The van der Waals surface area contributed by atoms with Gasteiger partial charge >= 0.3 is 0 Å². The van der Waals surface area contributed by atoms with Crippen LogP contribution in [0.5, 0.6) is 0 Å². The van der Waals surface area contributed by atoms with Gasteiger partial charge in [0.2, 0.25) is 5.91 Å². The summed E-state index contributed by atoms with van der Waals surface area (Å²) in [4.78, 5) is 12.3. The van der Waals surface area contributed by atoms with Crippen LogP contribution in [-0.2, 0) is 4.79 Å². The minimum absolute atomic E-state index is 0.0157. The minimum Gasteiger partial charge on any atom is -0.325 e. The molecular weight excluding hydrogens is 152 g/mol. The van der Waals surface area contributed by atoms with Crippen LogP contribution in [0.1, 0.15) is 6.42 Å². The maximum atomic E-state index is 10.8. The average molecular weight is 159 g/mol. The standard InChI is InChI=1S/C6H7ClN2O/c7-3-6(10)9-2-1-5(9)4-8/h5H,1-3H2. The molecule has 0 bridgehead atoms. The predicted molar refractivity (Wildman–Crippen MR) is 36.5 cm³/mol. The summed E-state index contributed by atoms with van der Waals surface area (Å²) in [6.45, 7) is 0.684. The molecule has 1 fully saturated rings. The normalized spacial score (nSPS) is 23.2. The Hall–Kier alpha value is -0.750. The van der Waals surface area contributed by atoms with Crippen molar-refractivity contribution in [3.8, 4) is 6.07 Å². The third-order valence-corrected chi connectivity index (χ3v) is 1.83. The number of alkyl halides is 1. The van der Waals surface area contributed by atoms with E-state index in [4.69, 9.17) is 16.9 Å². The fraction of sp³-hybridized carbons (Fsp3) is 0.667. The van der Waals surface area contributed by atoms with Crippen molar-refractivity contribution < 1.29 is 4.79 Å². The van der Waals surface area contributed by atoms with Crippen molar-refractivity contribution in [1.82, 2.24) is 4.90 Å². The lowest BCUT2D eigenvalue weighted by Crippen LogP contribution is -2.50. The Morgan fingerprint density at radius 3 is 2.90 bits per heavy atom. The third kappa shape index (κ3) is 1.07. The highest BCUT2D eigenvalue weighted by atomic mass is 35.5. The summed E-state index contributed by atoms with van der Waals surface area (Å²) in [7, 11) is 0. The Kier molecular flexibility index (Phi) is 2.13. The Morgan fingerprint density at radius 1 is 1.90 bits per heavy atom. The van der Waals surface area contributed by atoms with E-state index >= 15 is 0 Å². The van der Waals surface area contributed by atoms with Gasteiger partial charge in [0.25, 0.3) is 0 Å². The molecule has 0 saturated carbocycles. The van der Waals surface area contributed by atoms with Crippen LogP contribution in [-0.4, -0.2) is 29.3 Å². The number of nitrogens with zero attached hydrogens (tertiary/aromatic N) is 2. The second-order valence-electron chi connectivity index (χ2n) is 2.15. The molecule has 0 aromatic carbocycles. The van der Waals surface area contributed by atoms with Gasteiger partial charge < -0.3 is 4.90 Å². The fourth-order valence-corrected chi connectivity index (χ4v) is 1.05. The molecular formula is C6H7ClN2O. The number of carbonyl (C=O) groups is 1. The Balaban J connectivity index is 2.44. The van der Waals surface area contributed by atoms with Crippen LogP contribution in [0.4, 0.5) is 0 Å². The number of hydrogen-bond donors (Lipinski definition) is 0. The molecule has 0 N–H and O–H groups in total. The number of carbonyl (C=O) groups excluding carboxylic acids is 1. The molecule has 1 saturated heterocycles. The van der Waals surface area contributed by atoms with Gasteiger partial charge in [-0.3, -0.25) is 4.79 Å². The molecule has 1 atom stereocenters. The lowest BCUT2D eigenvalue weighted by atomic mass is 10.1. The van der Waals surface area contributed by atoms with Gasteiger partial charge in [0.05, 0.1) is 6.07 Å². The number of rotatable bonds is 1. The molecule has 54 valence electrons. The molecule has 0 radical (unpaired) electrons. The van der Waals surface area contributed by atoms with Crippen LogP contribution in [0.2, 0.25) is 0 Å². The zero-order chi connectivity index (χ0) is 7.56. The van der Waals surface area contributed by atoms with Crippen LogP contribution in [0.25, 0.3) is 0 Å². The molecule has 0 spiro atoms. The molecule has 1 aliphatic rings. The summed E-state index contributed by atoms with van der Waals surface area (Å²) >= 11 is 5.28. The first-order chi connectivity index (χ1) is 4.79. The highest BCUT2D eigenvalue weighted by Crippen LogP contribution is 2.16. The summed E-state index contributed by atoms with van der Waals surface area (Å²) < 4.78 is 0. The largest absolute Gasteiger partial charge is 0.325 e. The maximum Gasteiger partial charge on any atom is 0.238 e. The van der Waals surface area contributed by atoms with Gasteiger partial charge in [0, 0.05) is 6.54 Å². The van der Waals surface area contributed by atoms with Crippen LogP contribution in [0, 0.1) is 11.3 Å². The number of amides is 1. The molecule has 1 amide bonds. The first kappa shape index (κ1) is 7.36. The maximum absolute atomic E-state index is 10.8. The molecule has 1 heterocycles. The smallest absolute Gasteiger partial charge is 0.238 e. The number of likely N-dealkylation sites (tertiary alicyclic amines) is 1. The number of hydrogen-bond acceptors (Lipinski definition) is 2. The molecule has 0 aromatic rings. The topological polar surface area (TPSA) is 44.1 Å². The first-order valence-corrected chi connectivity index (χ1v) is 3.58. The van der Waals surface area contributed by atoms with Crippen molar-refractivity contribution in [1.29, 1.82) is 5.26 Å². The zero-order valence-electron chi connectivity index (χ0n) is 5.38. The number of halogens is 1. The Bertz CT molecular complexity index is 187. The van der Waals surface area contributed by atoms with Crippen molar-refractivity contribution in [2.75, 3.05) is 12.4 Å². The lowest BCUT2D eigenvalue weighted by Gasteiger charge is -2.35. The van der Waals surface area contributed by atoms with Crippen LogP contribution in [0.15, 0.2) is 0 Å². The molecule has 1 unspecified atom stereocenters. The first-order valence-electron chi connectivity index (χ1n) is 3.04. The van der Waals surface area contributed by atoms with Crippen molar-refractivity contribution in [2.45, 2.75) is 12.5 Å². The second kappa shape index (κ2) is 2.89. The van der Waals surface area contributed by atoms with E-state index in [1.807, 2.05) is 6.07 Å². The van der Waals surface area contributed by atoms with E-state index in [1.165, 1.54) is 4.90 Å². The fourth-order valence-electron chi connectivity index (χ4n) is 0.897. The molecule has 1 aliphatic heterocycles. The van der Waals surface area contributed by atoms with E-state index < -0.39 is 0 Å². The van der Waals surface area contributed by atoms with Crippen molar-refractivity contribution >= 4 is 17.5 Å². The number of nitriles is 1. The third-order valence-electron chi connectivity index (χ3n) is 1.60. The molecule has 1 rings (SSSR count). The molecule has 0 aliphatic carbocycles. The van der Waals surface area contributed by atoms with E-state index in [9.17, 15) is 4.79 Å². The molecule has 3 nitrogen and oxygen atoms in total. The van der Waals surface area contributed by atoms with Crippen molar-refractivity contribution in [2.24, 2.45) is 0 Å². The quantitative estimate of drug-likeness (QED) is 0.517. The SMILES string of the molecule is N#CC1CCN1C(=O)CCl. The lowest BCUT2D eigenvalue weighted by molar-refractivity contribution is -0.134. The Morgan fingerprint density at radius 2 is 2.60 bits per heavy atom. The van der Waals surface area contributed by atoms with E-state index in [0.29, 0.717) is 6.54 Å². The summed E-state index contributed by atoms with van der Waals surface area (Å²) in [6, 6.07) is 1.80. The van der Waals surface area contributed by atoms with Gasteiger partial charge in [-0.1, -0.05) is 0 Å². The van der Waals surface area contributed by atoms with Crippen LogP contribution >= 0.6 is 11.6 Å². The van der Waals surface area contributed by atoms with Gasteiger partial charge in [-0.25, -0.2) is 0 Å².